The SMILES string of the molecule is CCCSCC(N)Cc1ccccc1Br. The van der Waals surface area contributed by atoms with Crippen molar-refractivity contribution in [3.05, 3.63) is 34.3 Å². The fourth-order valence-electron chi connectivity index (χ4n) is 1.38. The van der Waals surface area contributed by atoms with E-state index < -0.39 is 0 Å². The summed E-state index contributed by atoms with van der Waals surface area (Å²) in [5, 5.41) is 0. The number of benzene rings is 1. The Hall–Kier alpha value is 0.01000. The van der Waals surface area contributed by atoms with Gasteiger partial charge >= 0.3 is 0 Å². The first-order chi connectivity index (χ1) is 7.24. The van der Waals surface area contributed by atoms with Crippen molar-refractivity contribution in [2.75, 3.05) is 11.5 Å². The Morgan fingerprint density at radius 3 is 2.80 bits per heavy atom. The molecule has 0 aromatic heterocycles. The molecule has 1 rings (SSSR count). The van der Waals surface area contributed by atoms with Gasteiger partial charge in [-0.25, -0.2) is 0 Å². The second kappa shape index (κ2) is 7.31. The van der Waals surface area contributed by atoms with Crippen LogP contribution in [0.5, 0.6) is 0 Å². The van der Waals surface area contributed by atoms with E-state index in [4.69, 9.17) is 5.73 Å². The highest BCUT2D eigenvalue weighted by Crippen LogP contribution is 2.18. The van der Waals surface area contributed by atoms with E-state index in [1.54, 1.807) is 0 Å². The summed E-state index contributed by atoms with van der Waals surface area (Å²) in [6, 6.07) is 8.56. The van der Waals surface area contributed by atoms with Crippen molar-refractivity contribution >= 4 is 27.7 Å². The molecule has 0 saturated heterocycles. The summed E-state index contributed by atoms with van der Waals surface area (Å²) in [6.45, 7) is 2.20. The Bertz CT molecular complexity index is 291. The molecule has 0 radical (unpaired) electrons. The zero-order valence-corrected chi connectivity index (χ0v) is 11.5. The topological polar surface area (TPSA) is 26.0 Å². The minimum atomic E-state index is 0.264. The molecule has 2 N–H and O–H groups in total. The molecule has 0 aliphatic heterocycles. The van der Waals surface area contributed by atoms with Crippen molar-refractivity contribution in [2.24, 2.45) is 5.73 Å². The summed E-state index contributed by atoms with van der Waals surface area (Å²) >= 11 is 5.49. The average molecular weight is 288 g/mol. The highest BCUT2D eigenvalue weighted by Gasteiger charge is 2.06. The Morgan fingerprint density at radius 2 is 2.13 bits per heavy atom. The molecule has 84 valence electrons. The highest BCUT2D eigenvalue weighted by atomic mass is 79.9. The fraction of sp³-hybridized carbons (Fsp3) is 0.500. The molecular formula is C12H18BrNS. The van der Waals surface area contributed by atoms with Crippen LogP contribution in [0.2, 0.25) is 0 Å². The Labute approximate surface area is 105 Å². The molecule has 0 saturated carbocycles. The van der Waals surface area contributed by atoms with E-state index in [1.807, 2.05) is 17.8 Å². The largest absolute Gasteiger partial charge is 0.327 e. The van der Waals surface area contributed by atoms with E-state index in [-0.39, 0.29) is 6.04 Å². The molecule has 0 aliphatic carbocycles. The summed E-state index contributed by atoms with van der Waals surface area (Å²) in [7, 11) is 0. The summed E-state index contributed by atoms with van der Waals surface area (Å²) in [6.07, 6.45) is 2.19. The highest BCUT2D eigenvalue weighted by molar-refractivity contribution is 9.10. The third kappa shape index (κ3) is 5.05. The predicted molar refractivity (Wildman–Crippen MR) is 73.4 cm³/mol. The van der Waals surface area contributed by atoms with Crippen molar-refractivity contribution in [3.63, 3.8) is 0 Å². The smallest absolute Gasteiger partial charge is 0.0207 e. The lowest BCUT2D eigenvalue weighted by atomic mass is 10.1. The Kier molecular flexibility index (Phi) is 6.37. The van der Waals surface area contributed by atoms with Crippen LogP contribution in [0.3, 0.4) is 0 Å². The van der Waals surface area contributed by atoms with Gasteiger partial charge in [0.1, 0.15) is 0 Å². The van der Waals surface area contributed by atoms with Crippen LogP contribution in [0, 0.1) is 0 Å². The van der Waals surface area contributed by atoms with Crippen LogP contribution in [-0.4, -0.2) is 17.5 Å². The summed E-state index contributed by atoms with van der Waals surface area (Å²) in [5.74, 6) is 2.26. The number of rotatable bonds is 6. The van der Waals surface area contributed by atoms with Crippen LogP contribution in [0.15, 0.2) is 28.7 Å². The van der Waals surface area contributed by atoms with E-state index in [1.165, 1.54) is 22.2 Å². The Balaban J connectivity index is 2.37. The van der Waals surface area contributed by atoms with Gasteiger partial charge in [-0.1, -0.05) is 41.1 Å². The van der Waals surface area contributed by atoms with Gasteiger partial charge in [0.15, 0.2) is 0 Å². The van der Waals surface area contributed by atoms with E-state index >= 15 is 0 Å². The van der Waals surface area contributed by atoms with Crippen molar-refractivity contribution in [1.29, 1.82) is 0 Å². The molecule has 1 unspecified atom stereocenters. The van der Waals surface area contributed by atoms with Gasteiger partial charge in [-0.2, -0.15) is 11.8 Å². The van der Waals surface area contributed by atoms with Crippen LogP contribution in [0.1, 0.15) is 18.9 Å². The molecule has 0 aliphatic rings. The van der Waals surface area contributed by atoms with Crippen molar-refractivity contribution in [3.8, 4) is 0 Å². The second-order valence-corrected chi connectivity index (χ2v) is 5.63. The maximum absolute atomic E-state index is 6.07. The van der Waals surface area contributed by atoms with E-state index in [9.17, 15) is 0 Å². The minimum Gasteiger partial charge on any atom is -0.327 e. The molecule has 1 nitrogen and oxygen atoms in total. The van der Waals surface area contributed by atoms with Gasteiger partial charge in [-0.05, 0) is 30.2 Å². The lowest BCUT2D eigenvalue weighted by Crippen LogP contribution is -2.25. The molecule has 0 spiro atoms. The number of halogens is 1. The van der Waals surface area contributed by atoms with Gasteiger partial charge in [-0.3, -0.25) is 0 Å². The van der Waals surface area contributed by atoms with Crippen LogP contribution >= 0.6 is 27.7 Å². The maximum atomic E-state index is 6.07. The first kappa shape index (κ1) is 13.1. The Morgan fingerprint density at radius 1 is 1.40 bits per heavy atom. The molecule has 0 fully saturated rings. The quantitative estimate of drug-likeness (QED) is 0.811. The average Bonchev–Trinajstić information content (AvgIpc) is 2.22. The molecular weight excluding hydrogens is 270 g/mol. The second-order valence-electron chi connectivity index (χ2n) is 3.63. The standard InChI is InChI=1S/C12H18BrNS/c1-2-7-15-9-11(14)8-10-5-3-4-6-12(10)13/h3-6,11H,2,7-9,14H2,1H3. The van der Waals surface area contributed by atoms with Gasteiger partial charge in [-0.15, -0.1) is 0 Å². The van der Waals surface area contributed by atoms with E-state index in [0.29, 0.717) is 0 Å². The molecule has 0 amide bonds. The van der Waals surface area contributed by atoms with Gasteiger partial charge in [0, 0.05) is 16.3 Å². The molecule has 1 aromatic rings. The van der Waals surface area contributed by atoms with Crippen LogP contribution < -0.4 is 5.73 Å². The van der Waals surface area contributed by atoms with Gasteiger partial charge < -0.3 is 5.73 Å². The number of hydrogen-bond acceptors (Lipinski definition) is 2. The lowest BCUT2D eigenvalue weighted by Gasteiger charge is -2.12. The summed E-state index contributed by atoms with van der Waals surface area (Å²) < 4.78 is 1.17. The molecule has 3 heteroatoms. The van der Waals surface area contributed by atoms with Crippen molar-refractivity contribution in [2.45, 2.75) is 25.8 Å². The summed E-state index contributed by atoms with van der Waals surface area (Å²) in [4.78, 5) is 0. The number of nitrogens with two attached hydrogens (primary N) is 1. The van der Waals surface area contributed by atoms with Crippen molar-refractivity contribution < 1.29 is 0 Å². The summed E-state index contributed by atoms with van der Waals surface area (Å²) in [5.41, 5.74) is 7.38. The fourth-order valence-corrected chi connectivity index (χ4v) is 2.71. The van der Waals surface area contributed by atoms with Crippen LogP contribution in [0.4, 0.5) is 0 Å². The molecule has 1 aromatic carbocycles. The first-order valence-corrected chi connectivity index (χ1v) is 7.25. The zero-order valence-electron chi connectivity index (χ0n) is 9.08. The minimum absolute atomic E-state index is 0.264. The first-order valence-electron chi connectivity index (χ1n) is 5.30. The number of thioether (sulfide) groups is 1. The third-order valence-corrected chi connectivity index (χ3v) is 4.25. The molecule has 0 heterocycles. The third-order valence-electron chi connectivity index (χ3n) is 2.12. The molecule has 1 atom stereocenters. The molecule has 0 bridgehead atoms. The molecule has 15 heavy (non-hydrogen) atoms. The zero-order chi connectivity index (χ0) is 11.1. The predicted octanol–water partition coefficient (Wildman–Crippen LogP) is 3.46. The maximum Gasteiger partial charge on any atom is 0.0207 e. The van der Waals surface area contributed by atoms with Gasteiger partial charge in [0.25, 0.3) is 0 Å². The van der Waals surface area contributed by atoms with Gasteiger partial charge in [0.05, 0.1) is 0 Å². The number of hydrogen-bond donors (Lipinski definition) is 1. The van der Waals surface area contributed by atoms with Crippen molar-refractivity contribution in [1.82, 2.24) is 0 Å². The van der Waals surface area contributed by atoms with Crippen LogP contribution in [0.25, 0.3) is 0 Å². The van der Waals surface area contributed by atoms with Gasteiger partial charge in [0.2, 0.25) is 0 Å². The van der Waals surface area contributed by atoms with Crippen LogP contribution in [-0.2, 0) is 6.42 Å². The normalized spacial score (nSPS) is 12.7. The lowest BCUT2D eigenvalue weighted by molar-refractivity contribution is 0.746. The van der Waals surface area contributed by atoms with E-state index in [2.05, 4.69) is 41.1 Å². The monoisotopic (exact) mass is 287 g/mol. The van der Waals surface area contributed by atoms with E-state index in [0.717, 1.165) is 12.2 Å².